The molecule has 1 aromatic carbocycles. The molecule has 4 heterocycles. The molecule has 6 nitrogen and oxygen atoms in total. The van der Waals surface area contributed by atoms with Crippen LogP contribution in [0.25, 0.3) is 10.9 Å². The molecule has 5 rings (SSSR count). The van der Waals surface area contributed by atoms with Crippen molar-refractivity contribution in [2.75, 3.05) is 33.0 Å². The third-order valence-electron chi connectivity index (χ3n) is 5.42. The molecule has 1 fully saturated rings. The molecule has 3 aromatic rings. The van der Waals surface area contributed by atoms with Crippen molar-refractivity contribution in [2.24, 2.45) is 0 Å². The van der Waals surface area contributed by atoms with Gasteiger partial charge in [0.2, 0.25) is 0 Å². The fourth-order valence-electron chi connectivity index (χ4n) is 4.05. The van der Waals surface area contributed by atoms with E-state index in [1.807, 2.05) is 24.5 Å². The number of aromatic nitrogens is 2. The van der Waals surface area contributed by atoms with Gasteiger partial charge >= 0.3 is 0 Å². The van der Waals surface area contributed by atoms with Gasteiger partial charge in [0.05, 0.1) is 13.2 Å². The summed E-state index contributed by atoms with van der Waals surface area (Å²) in [4.78, 5) is 13.6. The van der Waals surface area contributed by atoms with Crippen LogP contribution in [0.1, 0.15) is 16.7 Å². The van der Waals surface area contributed by atoms with Crippen LogP contribution in [0.3, 0.4) is 0 Å². The number of nitrogens with zero attached hydrogens (tertiary/aromatic N) is 4. The fraction of sp³-hybridized carbons (Fsp3) is 0.364. The van der Waals surface area contributed by atoms with Gasteiger partial charge in [0.1, 0.15) is 12.2 Å². The molecule has 0 unspecified atom stereocenters. The largest absolute Gasteiger partial charge is 0.475 e. The Kier molecular flexibility index (Phi) is 4.91. The van der Waals surface area contributed by atoms with E-state index in [1.54, 1.807) is 6.20 Å². The summed E-state index contributed by atoms with van der Waals surface area (Å²) in [5.74, 6) is 0.934. The molecule has 0 bridgehead atoms. The quantitative estimate of drug-likeness (QED) is 0.698. The monoisotopic (exact) mass is 376 g/mol. The zero-order valence-corrected chi connectivity index (χ0v) is 15.9. The van der Waals surface area contributed by atoms with Crippen LogP contribution in [-0.2, 0) is 24.4 Å². The van der Waals surface area contributed by atoms with Crippen LogP contribution in [0, 0.1) is 0 Å². The Morgan fingerprint density at radius 1 is 1.00 bits per heavy atom. The van der Waals surface area contributed by atoms with Gasteiger partial charge in [0.25, 0.3) is 0 Å². The summed E-state index contributed by atoms with van der Waals surface area (Å²) in [6, 6.07) is 10.6. The Morgan fingerprint density at radius 3 is 2.75 bits per heavy atom. The number of benzene rings is 1. The van der Waals surface area contributed by atoms with Gasteiger partial charge in [0, 0.05) is 62.3 Å². The standard InChI is InChI=1S/C22H24N4O2/c1-3-17(12-23-5-1)13-26-15-19-11-18(14-25-7-9-27-10-8-25)20-4-2-6-24-21(20)22(19)28-16-26/h1-6,11-12H,7-10,13-16H2. The van der Waals surface area contributed by atoms with Crippen LogP contribution in [0.4, 0.5) is 0 Å². The van der Waals surface area contributed by atoms with E-state index in [1.165, 1.54) is 22.1 Å². The van der Waals surface area contributed by atoms with Gasteiger partial charge in [-0.1, -0.05) is 12.1 Å². The highest BCUT2D eigenvalue weighted by molar-refractivity contribution is 5.89. The third kappa shape index (κ3) is 3.58. The van der Waals surface area contributed by atoms with E-state index in [0.29, 0.717) is 6.73 Å². The van der Waals surface area contributed by atoms with E-state index < -0.39 is 0 Å². The Bertz CT molecular complexity index is 957. The SMILES string of the molecule is c1cncc(CN2COc3c(cc(CN4CCOCC4)c4cccnc34)C2)c1. The molecule has 0 amide bonds. The molecule has 0 N–H and O–H groups in total. The van der Waals surface area contributed by atoms with Crippen molar-refractivity contribution in [2.45, 2.75) is 19.6 Å². The predicted octanol–water partition coefficient (Wildman–Crippen LogP) is 2.81. The highest BCUT2D eigenvalue weighted by atomic mass is 16.5. The van der Waals surface area contributed by atoms with E-state index in [4.69, 9.17) is 9.47 Å². The maximum absolute atomic E-state index is 6.18. The summed E-state index contributed by atoms with van der Waals surface area (Å²) in [6.45, 7) is 6.73. The van der Waals surface area contributed by atoms with E-state index in [0.717, 1.165) is 57.2 Å². The molecule has 0 spiro atoms. The second-order valence-electron chi connectivity index (χ2n) is 7.43. The predicted molar refractivity (Wildman–Crippen MR) is 107 cm³/mol. The lowest BCUT2D eigenvalue weighted by Gasteiger charge is -2.31. The summed E-state index contributed by atoms with van der Waals surface area (Å²) in [6.07, 6.45) is 5.58. The van der Waals surface area contributed by atoms with Gasteiger partial charge in [-0.05, 0) is 29.3 Å². The minimum Gasteiger partial charge on any atom is -0.475 e. The first-order valence-electron chi connectivity index (χ1n) is 9.80. The van der Waals surface area contributed by atoms with Crippen molar-refractivity contribution in [3.05, 3.63) is 65.6 Å². The second kappa shape index (κ2) is 7.83. The Labute approximate surface area is 164 Å². The van der Waals surface area contributed by atoms with Crippen LogP contribution in [0.15, 0.2) is 48.9 Å². The normalized spacial score (nSPS) is 18.0. The second-order valence-corrected chi connectivity index (χ2v) is 7.43. The summed E-state index contributed by atoms with van der Waals surface area (Å²) >= 11 is 0. The fourth-order valence-corrected chi connectivity index (χ4v) is 4.05. The maximum Gasteiger partial charge on any atom is 0.152 e. The van der Waals surface area contributed by atoms with Crippen LogP contribution >= 0.6 is 0 Å². The molecular weight excluding hydrogens is 352 g/mol. The minimum atomic E-state index is 0.566. The van der Waals surface area contributed by atoms with Crippen molar-refractivity contribution in [1.29, 1.82) is 0 Å². The maximum atomic E-state index is 6.18. The lowest BCUT2D eigenvalue weighted by Crippen LogP contribution is -2.36. The molecule has 2 aliphatic rings. The molecule has 0 saturated carbocycles. The van der Waals surface area contributed by atoms with Crippen LogP contribution < -0.4 is 4.74 Å². The minimum absolute atomic E-state index is 0.566. The van der Waals surface area contributed by atoms with Crippen molar-refractivity contribution in [1.82, 2.24) is 19.8 Å². The van der Waals surface area contributed by atoms with Crippen LogP contribution in [0.2, 0.25) is 0 Å². The molecule has 0 atom stereocenters. The van der Waals surface area contributed by atoms with Crippen molar-refractivity contribution in [3.63, 3.8) is 0 Å². The molecule has 6 heteroatoms. The molecule has 28 heavy (non-hydrogen) atoms. The average Bonchev–Trinajstić information content (AvgIpc) is 2.75. The van der Waals surface area contributed by atoms with Gasteiger partial charge in [0.15, 0.2) is 5.75 Å². The lowest BCUT2D eigenvalue weighted by atomic mass is 10.0. The van der Waals surface area contributed by atoms with Crippen molar-refractivity contribution >= 4 is 10.9 Å². The van der Waals surface area contributed by atoms with Crippen LogP contribution in [0.5, 0.6) is 5.75 Å². The summed E-state index contributed by atoms with van der Waals surface area (Å²) in [7, 11) is 0. The molecular formula is C22H24N4O2. The first-order chi connectivity index (χ1) is 13.9. The van der Waals surface area contributed by atoms with Gasteiger partial charge in [-0.25, -0.2) is 0 Å². The number of rotatable bonds is 4. The molecule has 0 radical (unpaired) electrons. The third-order valence-corrected chi connectivity index (χ3v) is 5.42. The summed E-state index contributed by atoms with van der Waals surface area (Å²) in [5, 5.41) is 1.19. The number of hydrogen-bond donors (Lipinski definition) is 0. The molecule has 2 aromatic heterocycles. The lowest BCUT2D eigenvalue weighted by molar-refractivity contribution is 0.0343. The number of fused-ring (bicyclic) bond motifs is 3. The number of ether oxygens (including phenoxy) is 2. The van der Waals surface area contributed by atoms with Gasteiger partial charge < -0.3 is 9.47 Å². The molecule has 2 aliphatic heterocycles. The average molecular weight is 376 g/mol. The Morgan fingerprint density at radius 2 is 1.89 bits per heavy atom. The molecule has 144 valence electrons. The van der Waals surface area contributed by atoms with E-state index in [2.05, 4.69) is 38.0 Å². The highest BCUT2D eigenvalue weighted by Gasteiger charge is 2.23. The smallest absolute Gasteiger partial charge is 0.152 e. The van der Waals surface area contributed by atoms with Crippen LogP contribution in [-0.4, -0.2) is 52.8 Å². The van der Waals surface area contributed by atoms with E-state index >= 15 is 0 Å². The number of morpholine rings is 1. The van der Waals surface area contributed by atoms with E-state index in [-0.39, 0.29) is 0 Å². The molecule has 0 aliphatic carbocycles. The summed E-state index contributed by atoms with van der Waals surface area (Å²) < 4.78 is 11.7. The summed E-state index contributed by atoms with van der Waals surface area (Å²) in [5.41, 5.74) is 4.70. The first-order valence-corrected chi connectivity index (χ1v) is 9.80. The number of pyridine rings is 2. The van der Waals surface area contributed by atoms with Gasteiger partial charge in [-0.15, -0.1) is 0 Å². The van der Waals surface area contributed by atoms with Crippen molar-refractivity contribution < 1.29 is 9.47 Å². The van der Waals surface area contributed by atoms with Crippen molar-refractivity contribution in [3.8, 4) is 5.75 Å². The Hall–Kier alpha value is -2.54. The number of hydrogen-bond acceptors (Lipinski definition) is 6. The zero-order valence-electron chi connectivity index (χ0n) is 15.9. The van der Waals surface area contributed by atoms with Gasteiger partial charge in [-0.3, -0.25) is 19.8 Å². The zero-order chi connectivity index (χ0) is 18.8. The van der Waals surface area contributed by atoms with Gasteiger partial charge in [-0.2, -0.15) is 0 Å². The molecule has 1 saturated heterocycles. The Balaban J connectivity index is 1.45. The first kappa shape index (κ1) is 17.6. The topological polar surface area (TPSA) is 50.7 Å². The van der Waals surface area contributed by atoms with E-state index in [9.17, 15) is 0 Å². The highest BCUT2D eigenvalue weighted by Crippen LogP contribution is 2.35.